The van der Waals surface area contributed by atoms with E-state index in [0.29, 0.717) is 40.2 Å². The Morgan fingerprint density at radius 3 is 2.80 bits per heavy atom. The van der Waals surface area contributed by atoms with E-state index in [0.717, 1.165) is 5.56 Å². The zero-order chi connectivity index (χ0) is 14.7. The summed E-state index contributed by atoms with van der Waals surface area (Å²) in [6.07, 6.45) is 0.686. The number of nitrogens with zero attached hydrogens (tertiary/aromatic N) is 3. The predicted molar refractivity (Wildman–Crippen MR) is 80.0 cm³/mol. The molecule has 0 aliphatic carbocycles. The molecule has 0 unspecified atom stereocenters. The number of aromatic nitrogens is 2. The molecular weight excluding hydrogens is 274 g/mol. The summed E-state index contributed by atoms with van der Waals surface area (Å²) in [5.74, 6) is 1.70. The molecule has 1 heterocycles. The van der Waals surface area contributed by atoms with Crippen molar-refractivity contribution >= 4 is 28.9 Å². The van der Waals surface area contributed by atoms with E-state index in [-0.39, 0.29) is 0 Å². The Hall–Kier alpha value is -2.32. The van der Waals surface area contributed by atoms with Crippen LogP contribution < -0.4 is 11.1 Å². The van der Waals surface area contributed by atoms with Crippen LogP contribution in [-0.4, -0.2) is 9.97 Å². The summed E-state index contributed by atoms with van der Waals surface area (Å²) in [6.45, 7) is 3.79. The molecule has 0 fully saturated rings. The summed E-state index contributed by atoms with van der Waals surface area (Å²) in [6, 6.07) is 7.07. The molecule has 102 valence electrons. The number of nitrogens with one attached hydrogen (secondary N) is 1. The molecule has 2 aromatic rings. The van der Waals surface area contributed by atoms with Gasteiger partial charge in [0.15, 0.2) is 0 Å². The van der Waals surface area contributed by atoms with Crippen LogP contribution in [0.3, 0.4) is 0 Å². The highest BCUT2D eigenvalue weighted by atomic mass is 35.5. The Morgan fingerprint density at radius 2 is 2.15 bits per heavy atom. The van der Waals surface area contributed by atoms with Crippen molar-refractivity contribution in [2.45, 2.75) is 20.3 Å². The highest BCUT2D eigenvalue weighted by Crippen LogP contribution is 2.28. The number of anilines is 3. The molecule has 2 rings (SSSR count). The van der Waals surface area contributed by atoms with Crippen LogP contribution in [0.15, 0.2) is 18.2 Å². The highest BCUT2D eigenvalue weighted by Gasteiger charge is 2.10. The SMILES string of the molecule is CCc1nc(N)c(C)c(Nc2cc(C#N)ccc2Cl)n1. The molecule has 0 bridgehead atoms. The fraction of sp³-hybridized carbons (Fsp3) is 0.214. The van der Waals surface area contributed by atoms with Gasteiger partial charge in [-0.2, -0.15) is 5.26 Å². The quantitative estimate of drug-likeness (QED) is 0.905. The first-order valence-electron chi connectivity index (χ1n) is 6.14. The molecule has 20 heavy (non-hydrogen) atoms. The summed E-state index contributed by atoms with van der Waals surface area (Å²) < 4.78 is 0. The maximum Gasteiger partial charge on any atom is 0.139 e. The monoisotopic (exact) mass is 287 g/mol. The number of halogens is 1. The zero-order valence-corrected chi connectivity index (χ0v) is 12.0. The molecule has 0 spiro atoms. The normalized spacial score (nSPS) is 10.1. The second kappa shape index (κ2) is 5.76. The lowest BCUT2D eigenvalue weighted by Crippen LogP contribution is -2.06. The third-order valence-corrected chi connectivity index (χ3v) is 3.22. The third kappa shape index (κ3) is 2.81. The van der Waals surface area contributed by atoms with Gasteiger partial charge in [0.2, 0.25) is 0 Å². The molecule has 1 aromatic heterocycles. The van der Waals surface area contributed by atoms with Crippen LogP contribution >= 0.6 is 11.6 Å². The van der Waals surface area contributed by atoms with Gasteiger partial charge >= 0.3 is 0 Å². The van der Waals surface area contributed by atoms with Crippen molar-refractivity contribution in [2.75, 3.05) is 11.1 Å². The maximum atomic E-state index is 8.93. The van der Waals surface area contributed by atoms with Gasteiger partial charge in [-0.1, -0.05) is 18.5 Å². The van der Waals surface area contributed by atoms with Gasteiger partial charge in [0.25, 0.3) is 0 Å². The first-order chi connectivity index (χ1) is 9.55. The largest absolute Gasteiger partial charge is 0.383 e. The second-order valence-electron chi connectivity index (χ2n) is 4.28. The van der Waals surface area contributed by atoms with E-state index in [1.165, 1.54) is 0 Å². The molecule has 0 saturated carbocycles. The van der Waals surface area contributed by atoms with Crippen LogP contribution in [-0.2, 0) is 6.42 Å². The minimum atomic E-state index is 0.437. The minimum Gasteiger partial charge on any atom is -0.383 e. The molecule has 6 heteroatoms. The minimum absolute atomic E-state index is 0.437. The Kier molecular flexibility index (Phi) is 4.06. The molecule has 0 aliphatic rings. The molecule has 3 N–H and O–H groups in total. The van der Waals surface area contributed by atoms with E-state index in [1.54, 1.807) is 18.2 Å². The summed E-state index contributed by atoms with van der Waals surface area (Å²) in [5.41, 5.74) is 7.76. The fourth-order valence-corrected chi connectivity index (χ4v) is 1.84. The average Bonchev–Trinajstić information content (AvgIpc) is 2.45. The number of aryl methyl sites for hydroxylation is 1. The number of hydrogen-bond donors (Lipinski definition) is 2. The Bertz CT molecular complexity index is 691. The summed E-state index contributed by atoms with van der Waals surface area (Å²) in [7, 11) is 0. The first kappa shape index (κ1) is 14.1. The maximum absolute atomic E-state index is 8.93. The predicted octanol–water partition coefficient (Wildman–Crippen LogP) is 3.20. The van der Waals surface area contributed by atoms with E-state index in [9.17, 15) is 0 Å². The van der Waals surface area contributed by atoms with Gasteiger partial charge in [0.05, 0.1) is 22.3 Å². The van der Waals surface area contributed by atoms with Crippen LogP contribution in [0.1, 0.15) is 23.9 Å². The van der Waals surface area contributed by atoms with E-state index in [2.05, 4.69) is 21.4 Å². The number of nitrogen functional groups attached to an aromatic ring is 1. The molecule has 0 aliphatic heterocycles. The van der Waals surface area contributed by atoms with Crippen LogP contribution in [0, 0.1) is 18.3 Å². The Labute approximate surface area is 122 Å². The Balaban J connectivity index is 2.44. The molecule has 0 radical (unpaired) electrons. The lowest BCUT2D eigenvalue weighted by molar-refractivity contribution is 0.940. The lowest BCUT2D eigenvalue weighted by Gasteiger charge is -2.12. The van der Waals surface area contributed by atoms with Gasteiger partial charge in [-0.25, -0.2) is 9.97 Å². The summed E-state index contributed by atoms with van der Waals surface area (Å²) in [5, 5.41) is 12.6. The van der Waals surface area contributed by atoms with Crippen molar-refractivity contribution < 1.29 is 0 Å². The second-order valence-corrected chi connectivity index (χ2v) is 4.69. The van der Waals surface area contributed by atoms with Gasteiger partial charge in [0.1, 0.15) is 17.5 Å². The van der Waals surface area contributed by atoms with E-state index < -0.39 is 0 Å². The van der Waals surface area contributed by atoms with Crippen molar-refractivity contribution in [3.8, 4) is 6.07 Å². The number of nitrogens with two attached hydrogens (primary N) is 1. The number of rotatable bonds is 3. The number of nitriles is 1. The highest BCUT2D eigenvalue weighted by molar-refractivity contribution is 6.33. The molecule has 1 aromatic carbocycles. The molecule has 5 nitrogen and oxygen atoms in total. The average molecular weight is 288 g/mol. The van der Waals surface area contributed by atoms with Crippen LogP contribution in [0.5, 0.6) is 0 Å². The van der Waals surface area contributed by atoms with Crippen molar-refractivity contribution in [3.05, 3.63) is 40.2 Å². The van der Waals surface area contributed by atoms with Crippen LogP contribution in [0.2, 0.25) is 5.02 Å². The van der Waals surface area contributed by atoms with Gasteiger partial charge in [-0.05, 0) is 25.1 Å². The number of hydrogen-bond acceptors (Lipinski definition) is 5. The molecule has 0 amide bonds. The molecule has 0 atom stereocenters. The van der Waals surface area contributed by atoms with Gasteiger partial charge in [-0.3, -0.25) is 0 Å². The molecule has 0 saturated heterocycles. The van der Waals surface area contributed by atoms with Crippen molar-refractivity contribution in [2.24, 2.45) is 0 Å². The molecular formula is C14H14ClN5. The van der Waals surface area contributed by atoms with E-state index in [1.807, 2.05) is 13.8 Å². The summed E-state index contributed by atoms with van der Waals surface area (Å²) in [4.78, 5) is 8.59. The topological polar surface area (TPSA) is 87.6 Å². The fourth-order valence-electron chi connectivity index (χ4n) is 1.68. The van der Waals surface area contributed by atoms with Gasteiger partial charge < -0.3 is 11.1 Å². The zero-order valence-electron chi connectivity index (χ0n) is 11.2. The number of benzene rings is 1. The van der Waals surface area contributed by atoms with Gasteiger partial charge in [-0.15, -0.1) is 0 Å². The van der Waals surface area contributed by atoms with Crippen LogP contribution in [0.4, 0.5) is 17.3 Å². The first-order valence-corrected chi connectivity index (χ1v) is 6.52. The Morgan fingerprint density at radius 1 is 1.40 bits per heavy atom. The van der Waals surface area contributed by atoms with E-state index >= 15 is 0 Å². The standard InChI is InChI=1S/C14H14ClN5/c1-3-12-19-13(17)8(2)14(20-12)18-11-6-9(7-16)4-5-10(11)15/h4-6H,3H2,1-2H3,(H3,17,18,19,20). The third-order valence-electron chi connectivity index (χ3n) is 2.89. The van der Waals surface area contributed by atoms with E-state index in [4.69, 9.17) is 22.6 Å². The smallest absolute Gasteiger partial charge is 0.139 e. The lowest BCUT2D eigenvalue weighted by atomic mass is 10.2. The van der Waals surface area contributed by atoms with Crippen molar-refractivity contribution in [1.82, 2.24) is 9.97 Å². The van der Waals surface area contributed by atoms with Crippen molar-refractivity contribution in [3.63, 3.8) is 0 Å². The van der Waals surface area contributed by atoms with Crippen molar-refractivity contribution in [1.29, 1.82) is 5.26 Å². The van der Waals surface area contributed by atoms with Gasteiger partial charge in [0, 0.05) is 12.0 Å². The summed E-state index contributed by atoms with van der Waals surface area (Å²) >= 11 is 6.12. The van der Waals surface area contributed by atoms with Crippen LogP contribution in [0.25, 0.3) is 0 Å².